The summed E-state index contributed by atoms with van der Waals surface area (Å²) in [6, 6.07) is 60.3. The van der Waals surface area contributed by atoms with E-state index < -0.39 is 24.0 Å². The van der Waals surface area contributed by atoms with Crippen LogP contribution in [0.15, 0.2) is 192 Å². The van der Waals surface area contributed by atoms with Crippen LogP contribution in [0, 0.1) is 0 Å². The van der Waals surface area contributed by atoms with Crippen molar-refractivity contribution in [2.24, 2.45) is 10.3 Å². The van der Waals surface area contributed by atoms with Gasteiger partial charge in [0.05, 0.1) is 54.7 Å². The maximum Gasteiger partial charge on any atom is 0.184 e. The number of nitrogens with zero attached hydrogens (tertiary/aromatic N) is 4. The number of hydrogen-bond donors (Lipinski definition) is 2. The predicted molar refractivity (Wildman–Crippen MR) is 282 cm³/mol. The van der Waals surface area contributed by atoms with Gasteiger partial charge in [0.25, 0.3) is 0 Å². The molecule has 0 amide bonds. The monoisotopic (exact) mass is 988 g/mol. The highest BCUT2D eigenvalue weighted by atomic mass is 35.5. The van der Waals surface area contributed by atoms with Crippen LogP contribution in [0.3, 0.4) is 0 Å². The molecule has 70 heavy (non-hydrogen) atoms. The predicted octanol–water partition coefficient (Wildman–Crippen LogP) is 16.1. The number of benzene rings is 6. The number of oxime groups is 2. The first kappa shape index (κ1) is 42.6. The van der Waals surface area contributed by atoms with Crippen molar-refractivity contribution in [2.75, 3.05) is 0 Å². The first-order chi connectivity index (χ1) is 34.4. The van der Waals surface area contributed by atoms with Gasteiger partial charge in [0, 0.05) is 55.4 Å². The zero-order chi connectivity index (χ0) is 47.0. The largest absolute Gasteiger partial charge is 0.385 e. The normalized spacial score (nSPS) is 17.8. The third kappa shape index (κ3) is 6.89. The number of rotatable bonds is 6. The van der Waals surface area contributed by atoms with Crippen molar-refractivity contribution in [1.29, 1.82) is 0 Å². The Bertz CT molecular complexity index is 3510. The van der Waals surface area contributed by atoms with Gasteiger partial charge in [-0.05, 0) is 70.8 Å². The fraction of sp³-hybridized carbons (Fsp3) is 0.0690. The van der Waals surface area contributed by atoms with Gasteiger partial charge < -0.3 is 19.6 Å². The van der Waals surface area contributed by atoms with Crippen molar-refractivity contribution < 1.29 is 9.68 Å². The number of hydrogen-bond acceptors (Lipinski definition) is 6. The highest BCUT2D eigenvalue weighted by molar-refractivity contribution is 6.41. The summed E-state index contributed by atoms with van der Waals surface area (Å²) in [5.74, 6) is -1.06. The summed E-state index contributed by atoms with van der Waals surface area (Å²) in [5.41, 5.74) is 15.5. The number of aromatic amines is 2. The second kappa shape index (κ2) is 17.2. The Hall–Kier alpha value is -7.46. The Balaban J connectivity index is 1.23. The van der Waals surface area contributed by atoms with Crippen LogP contribution in [0.2, 0.25) is 20.1 Å². The lowest BCUT2D eigenvalue weighted by Crippen LogP contribution is -2.14. The lowest BCUT2D eigenvalue weighted by atomic mass is 9.85. The number of nitrogens with one attached hydrogen (secondary N) is 2. The molecule has 0 saturated carbocycles. The van der Waals surface area contributed by atoms with E-state index in [1.807, 2.05) is 109 Å². The van der Waals surface area contributed by atoms with Gasteiger partial charge in [-0.25, -0.2) is 0 Å². The number of aromatic nitrogens is 4. The van der Waals surface area contributed by atoms with Crippen LogP contribution in [-0.2, 0) is 9.68 Å². The molecule has 4 atom stereocenters. The van der Waals surface area contributed by atoms with Gasteiger partial charge >= 0.3 is 0 Å². The molecule has 7 heterocycles. The molecule has 338 valence electrons. The van der Waals surface area contributed by atoms with Gasteiger partial charge in [0.15, 0.2) is 12.2 Å². The van der Waals surface area contributed by atoms with Gasteiger partial charge in [-0.15, -0.1) is 0 Å². The molecule has 0 fully saturated rings. The van der Waals surface area contributed by atoms with Crippen molar-refractivity contribution in [3.05, 3.63) is 236 Å². The summed E-state index contributed by atoms with van der Waals surface area (Å²) in [6.45, 7) is 0. The molecule has 4 aliphatic rings. The Kier molecular flexibility index (Phi) is 10.5. The minimum atomic E-state index is -0.668. The van der Waals surface area contributed by atoms with Crippen LogP contribution < -0.4 is 0 Å². The topological polar surface area (TPSA) is 101 Å². The lowest BCUT2D eigenvalue weighted by Gasteiger charge is -2.16. The summed E-state index contributed by atoms with van der Waals surface area (Å²) in [5, 5.41) is 11.5. The Labute approximate surface area is 421 Å². The zero-order valence-corrected chi connectivity index (χ0v) is 39.8. The standard InChI is InChI=1S/C58H36Cl4N6O2/c59-35-23-13-24-36(60)47(35)53-49-51-43(31-15-5-1-6-16-31)39-27-29-41(63-39)45(33-19-9-3-10-20-33)56-58-50(54(68-70-58)48-37(61)25-14-26-38(48)62)52(66-56)44(32-17-7-2-8-18-32)40-28-30-42(64-40)46(34-21-11-4-12-22-34)55(65-51)57(49)69-67-53/h1-30,49-50,57-58,63-64H. The highest BCUT2D eigenvalue weighted by Crippen LogP contribution is 2.54. The maximum absolute atomic E-state index is 7.04. The molecule has 0 saturated heterocycles. The first-order valence-electron chi connectivity index (χ1n) is 22.8. The molecule has 0 radical (unpaired) electrons. The van der Waals surface area contributed by atoms with Crippen molar-refractivity contribution >= 4 is 79.9 Å². The summed E-state index contributed by atoms with van der Waals surface area (Å²) < 4.78 is 0. The quantitative estimate of drug-likeness (QED) is 0.173. The average molecular weight is 991 g/mol. The van der Waals surface area contributed by atoms with E-state index in [1.54, 1.807) is 0 Å². The van der Waals surface area contributed by atoms with Crippen LogP contribution in [-0.4, -0.2) is 31.4 Å². The summed E-state index contributed by atoms with van der Waals surface area (Å²) in [7, 11) is 0. The van der Waals surface area contributed by atoms with E-state index in [9.17, 15) is 0 Å². The second-order valence-electron chi connectivity index (χ2n) is 17.5. The Morgan fingerprint density at radius 3 is 0.900 bits per heavy atom. The Morgan fingerprint density at radius 2 is 0.600 bits per heavy atom. The first-order valence-corrected chi connectivity index (χ1v) is 24.3. The summed E-state index contributed by atoms with van der Waals surface area (Å²) in [6.07, 6.45) is -1.34. The minimum Gasteiger partial charge on any atom is -0.385 e. The molecule has 9 aromatic rings. The number of fused-ring (bicyclic) bond motifs is 14. The summed E-state index contributed by atoms with van der Waals surface area (Å²) in [4.78, 5) is 32.6. The molecular weight excluding hydrogens is 954 g/mol. The smallest absolute Gasteiger partial charge is 0.184 e. The minimum absolute atomic E-state index is 0.460. The average Bonchev–Trinajstić information content (AvgIpc) is 4.26. The molecular formula is C58H36Cl4N6O2. The third-order valence-electron chi connectivity index (χ3n) is 13.5. The van der Waals surface area contributed by atoms with E-state index in [2.05, 4.69) is 82.8 Å². The van der Waals surface area contributed by atoms with Crippen LogP contribution in [0.1, 0.15) is 57.9 Å². The van der Waals surface area contributed by atoms with E-state index in [0.717, 1.165) is 78.0 Å². The second-order valence-corrected chi connectivity index (χ2v) is 19.1. The van der Waals surface area contributed by atoms with Crippen LogP contribution in [0.25, 0.3) is 66.6 Å². The van der Waals surface area contributed by atoms with Crippen LogP contribution >= 0.6 is 46.4 Å². The molecule has 4 unspecified atom stereocenters. The van der Waals surface area contributed by atoms with E-state index in [4.69, 9.17) is 76.4 Å². The van der Waals surface area contributed by atoms with Gasteiger partial charge in [-0.2, -0.15) is 0 Å². The molecule has 0 spiro atoms. The lowest BCUT2D eigenvalue weighted by molar-refractivity contribution is 0.0799. The zero-order valence-electron chi connectivity index (χ0n) is 36.7. The van der Waals surface area contributed by atoms with Crippen molar-refractivity contribution in [1.82, 2.24) is 19.9 Å². The van der Waals surface area contributed by atoms with E-state index >= 15 is 0 Å². The van der Waals surface area contributed by atoms with E-state index in [-0.39, 0.29) is 0 Å². The summed E-state index contributed by atoms with van der Waals surface area (Å²) >= 11 is 28.2. The molecule has 2 N–H and O–H groups in total. The number of H-pyrrole nitrogens is 2. The molecule has 0 aliphatic carbocycles. The molecule has 8 bridgehead atoms. The van der Waals surface area contributed by atoms with Crippen molar-refractivity contribution in [2.45, 2.75) is 24.0 Å². The fourth-order valence-electron chi connectivity index (χ4n) is 10.5. The molecule has 13 rings (SSSR count). The SMILES string of the molecule is Clc1cccc(Cl)c1C1=NOC2c3nc(c(-c4ccccc4)c4ccc([nH]4)c(-c4ccccc4)c4nc(c(-c5ccccc5)c5ccc([nH]5)c3-c3ccccc3)C3C(c5c(Cl)cccc5Cl)=NOC43)C12. The fourth-order valence-corrected chi connectivity index (χ4v) is 11.7. The maximum atomic E-state index is 7.04. The van der Waals surface area contributed by atoms with Gasteiger partial charge in [-0.1, -0.05) is 190 Å². The molecule has 8 nitrogen and oxygen atoms in total. The van der Waals surface area contributed by atoms with Gasteiger partial charge in [-0.3, -0.25) is 9.97 Å². The van der Waals surface area contributed by atoms with E-state index in [0.29, 0.717) is 54.0 Å². The molecule has 4 aliphatic heterocycles. The van der Waals surface area contributed by atoms with Crippen molar-refractivity contribution in [3.63, 3.8) is 0 Å². The van der Waals surface area contributed by atoms with Gasteiger partial charge in [0.2, 0.25) is 0 Å². The molecule has 12 heteroatoms. The molecule has 3 aromatic heterocycles. The van der Waals surface area contributed by atoms with Crippen LogP contribution in [0.4, 0.5) is 0 Å². The van der Waals surface area contributed by atoms with Crippen molar-refractivity contribution in [3.8, 4) is 44.5 Å². The van der Waals surface area contributed by atoms with Gasteiger partial charge in [0.1, 0.15) is 11.4 Å². The van der Waals surface area contributed by atoms with Crippen LogP contribution in [0.5, 0.6) is 0 Å². The van der Waals surface area contributed by atoms with E-state index in [1.165, 1.54) is 0 Å². The highest BCUT2D eigenvalue weighted by Gasteiger charge is 2.49. The Morgan fingerprint density at radius 1 is 0.314 bits per heavy atom. The molecule has 6 aromatic carbocycles. The number of halogens is 4. The third-order valence-corrected chi connectivity index (χ3v) is 14.8.